The van der Waals surface area contributed by atoms with Crippen molar-refractivity contribution in [1.82, 2.24) is 9.80 Å². The van der Waals surface area contributed by atoms with Crippen molar-refractivity contribution in [3.8, 4) is 0 Å². The lowest BCUT2D eigenvalue weighted by Crippen LogP contribution is -2.44. The summed E-state index contributed by atoms with van der Waals surface area (Å²) in [6.07, 6.45) is 2.27. The first-order valence-electron chi connectivity index (χ1n) is 13.0. The monoisotopic (exact) mass is 569 g/mol. The Morgan fingerprint density at radius 3 is 2.39 bits per heavy atom. The number of imide groups is 1. The van der Waals surface area contributed by atoms with E-state index in [2.05, 4.69) is 5.32 Å². The van der Waals surface area contributed by atoms with Gasteiger partial charge in [-0.2, -0.15) is 0 Å². The molecule has 41 heavy (non-hydrogen) atoms. The third-order valence-electron chi connectivity index (χ3n) is 6.76. The van der Waals surface area contributed by atoms with Gasteiger partial charge in [0, 0.05) is 18.8 Å². The van der Waals surface area contributed by atoms with Gasteiger partial charge in [-0.25, -0.2) is 4.79 Å². The molecule has 1 N–H and O–H groups in total. The molecule has 9 nitrogen and oxygen atoms in total. The van der Waals surface area contributed by atoms with Crippen molar-refractivity contribution in [2.75, 3.05) is 25.0 Å². The molecule has 3 aromatic carbocycles. The molecular weight excluding hydrogens is 542 g/mol. The summed E-state index contributed by atoms with van der Waals surface area (Å²) in [6, 6.07) is 21.4. The number of ether oxygens (including phenoxy) is 1. The average Bonchev–Trinajstić information content (AvgIpc) is 3.24. The number of hydrogen-bond donors (Lipinski definition) is 1. The van der Waals surface area contributed by atoms with Crippen LogP contribution >= 0.6 is 11.8 Å². The summed E-state index contributed by atoms with van der Waals surface area (Å²) in [4.78, 5) is 65.7. The molecular formula is C31H27N3O6S. The third kappa shape index (κ3) is 6.72. The Hall–Kier alpha value is -4.70. The molecule has 3 aromatic rings. The van der Waals surface area contributed by atoms with Gasteiger partial charge in [-0.1, -0.05) is 54.1 Å². The molecule has 5 rings (SSSR count). The maximum absolute atomic E-state index is 12.9. The number of nitrogens with one attached hydrogen (secondary N) is 1. The molecule has 0 bridgehead atoms. The minimum Gasteiger partial charge on any atom is -0.452 e. The zero-order chi connectivity index (χ0) is 28.9. The summed E-state index contributed by atoms with van der Waals surface area (Å²) >= 11 is 0.769. The van der Waals surface area contributed by atoms with Crippen molar-refractivity contribution in [2.45, 2.75) is 19.9 Å². The summed E-state index contributed by atoms with van der Waals surface area (Å²) in [6.45, 7) is 2.17. The van der Waals surface area contributed by atoms with Gasteiger partial charge >= 0.3 is 5.97 Å². The predicted molar refractivity (Wildman–Crippen MR) is 155 cm³/mol. The lowest BCUT2D eigenvalue weighted by atomic mass is 10.00. The Kier molecular flexibility index (Phi) is 8.30. The van der Waals surface area contributed by atoms with Gasteiger partial charge in [-0.05, 0) is 72.1 Å². The highest BCUT2D eigenvalue weighted by Crippen LogP contribution is 2.32. The number of thioether (sulfide) groups is 1. The fraction of sp³-hybridized carbons (Fsp3) is 0.194. The first-order valence-corrected chi connectivity index (χ1v) is 13.8. The zero-order valence-corrected chi connectivity index (χ0v) is 23.1. The normalized spacial score (nSPS) is 15.6. The van der Waals surface area contributed by atoms with Crippen molar-refractivity contribution in [3.63, 3.8) is 0 Å². The second-order valence-electron chi connectivity index (χ2n) is 9.71. The summed E-state index contributed by atoms with van der Waals surface area (Å²) in [7, 11) is 0. The molecule has 0 spiro atoms. The van der Waals surface area contributed by atoms with E-state index in [4.69, 9.17) is 4.74 Å². The van der Waals surface area contributed by atoms with Gasteiger partial charge in [-0.3, -0.25) is 24.1 Å². The van der Waals surface area contributed by atoms with E-state index in [-0.39, 0.29) is 22.9 Å². The third-order valence-corrected chi connectivity index (χ3v) is 7.67. The number of hydrogen-bond acceptors (Lipinski definition) is 7. The number of amides is 4. The lowest BCUT2D eigenvalue weighted by Gasteiger charge is -2.29. The quantitative estimate of drug-likeness (QED) is 0.331. The summed E-state index contributed by atoms with van der Waals surface area (Å²) < 4.78 is 5.10. The Bertz CT molecular complexity index is 1550. The second-order valence-corrected chi connectivity index (χ2v) is 10.7. The van der Waals surface area contributed by atoms with Crippen LogP contribution in [0, 0.1) is 6.92 Å². The number of anilines is 1. The highest BCUT2D eigenvalue weighted by atomic mass is 32.2. The van der Waals surface area contributed by atoms with E-state index in [1.807, 2.05) is 43.3 Å². The highest BCUT2D eigenvalue weighted by molar-refractivity contribution is 8.18. The van der Waals surface area contributed by atoms with Crippen LogP contribution in [0.25, 0.3) is 6.08 Å². The maximum Gasteiger partial charge on any atom is 0.338 e. The Morgan fingerprint density at radius 1 is 0.951 bits per heavy atom. The van der Waals surface area contributed by atoms with Crippen LogP contribution in [0.2, 0.25) is 0 Å². The largest absolute Gasteiger partial charge is 0.452 e. The molecule has 1 saturated heterocycles. The predicted octanol–water partition coefficient (Wildman–Crippen LogP) is 4.41. The lowest BCUT2D eigenvalue weighted by molar-refractivity contribution is -0.136. The number of esters is 1. The summed E-state index contributed by atoms with van der Waals surface area (Å²) in [5, 5.41) is 2.15. The topological polar surface area (TPSA) is 113 Å². The molecule has 0 saturated carbocycles. The molecule has 2 aliphatic heterocycles. The number of nitrogens with zero attached hydrogens (tertiary/aromatic N) is 2. The molecule has 10 heteroatoms. The SMILES string of the molecule is Cc1ccc(NC(=O)COC(=O)c2ccc(/C=C3\SC(=O)N(CC(=O)N4CCc5ccccc5C4)C3=O)cc2)cc1. The molecule has 0 aliphatic carbocycles. The summed E-state index contributed by atoms with van der Waals surface area (Å²) in [5.74, 6) is -1.94. The van der Waals surface area contributed by atoms with E-state index in [1.54, 1.807) is 29.2 Å². The van der Waals surface area contributed by atoms with Crippen LogP contribution in [0.3, 0.4) is 0 Å². The minimum atomic E-state index is -0.672. The molecule has 0 unspecified atom stereocenters. The first-order chi connectivity index (χ1) is 19.8. The number of fused-ring (bicyclic) bond motifs is 1. The molecule has 1 fully saturated rings. The molecule has 2 heterocycles. The Balaban J connectivity index is 1.14. The number of aryl methyl sites for hydroxylation is 1. The fourth-order valence-electron chi connectivity index (χ4n) is 4.50. The smallest absolute Gasteiger partial charge is 0.338 e. The molecule has 208 valence electrons. The van der Waals surface area contributed by atoms with Gasteiger partial charge in [0.05, 0.1) is 10.5 Å². The number of rotatable bonds is 7. The molecule has 0 aromatic heterocycles. The number of benzene rings is 3. The van der Waals surface area contributed by atoms with Crippen LogP contribution in [-0.2, 0) is 32.1 Å². The Morgan fingerprint density at radius 2 is 1.66 bits per heavy atom. The van der Waals surface area contributed by atoms with Crippen molar-refractivity contribution in [2.24, 2.45) is 0 Å². The highest BCUT2D eigenvalue weighted by Gasteiger charge is 2.37. The van der Waals surface area contributed by atoms with Gasteiger partial charge in [0.1, 0.15) is 6.54 Å². The van der Waals surface area contributed by atoms with E-state index in [9.17, 15) is 24.0 Å². The van der Waals surface area contributed by atoms with Gasteiger partial charge in [0.15, 0.2) is 6.61 Å². The van der Waals surface area contributed by atoms with Crippen LogP contribution in [-0.4, -0.2) is 58.4 Å². The zero-order valence-electron chi connectivity index (χ0n) is 22.3. The van der Waals surface area contributed by atoms with Gasteiger partial charge in [0.25, 0.3) is 17.1 Å². The fourth-order valence-corrected chi connectivity index (χ4v) is 5.33. The van der Waals surface area contributed by atoms with Crippen LogP contribution in [0.5, 0.6) is 0 Å². The number of carbonyl (C=O) groups excluding carboxylic acids is 5. The van der Waals surface area contributed by atoms with E-state index in [0.29, 0.717) is 24.3 Å². The van der Waals surface area contributed by atoms with Crippen LogP contribution in [0.4, 0.5) is 10.5 Å². The van der Waals surface area contributed by atoms with Crippen molar-refractivity contribution < 1.29 is 28.7 Å². The molecule has 4 amide bonds. The second kappa shape index (κ2) is 12.2. The van der Waals surface area contributed by atoms with Crippen LogP contribution in [0.15, 0.2) is 77.7 Å². The maximum atomic E-state index is 12.9. The van der Waals surface area contributed by atoms with Crippen molar-refractivity contribution in [1.29, 1.82) is 0 Å². The molecule has 2 aliphatic rings. The van der Waals surface area contributed by atoms with E-state index in [1.165, 1.54) is 23.8 Å². The van der Waals surface area contributed by atoms with E-state index >= 15 is 0 Å². The van der Waals surface area contributed by atoms with Crippen LogP contribution in [0.1, 0.15) is 32.6 Å². The molecule has 0 atom stereocenters. The van der Waals surface area contributed by atoms with Gasteiger partial charge < -0.3 is 15.0 Å². The van der Waals surface area contributed by atoms with E-state index < -0.39 is 29.6 Å². The summed E-state index contributed by atoms with van der Waals surface area (Å²) in [5.41, 5.74) is 4.75. The van der Waals surface area contributed by atoms with Gasteiger partial charge in [-0.15, -0.1) is 0 Å². The Labute approximate surface area is 241 Å². The average molecular weight is 570 g/mol. The van der Waals surface area contributed by atoms with Crippen molar-refractivity contribution in [3.05, 3.63) is 106 Å². The molecule has 0 radical (unpaired) electrons. The number of carbonyl (C=O) groups is 5. The first kappa shape index (κ1) is 27.9. The van der Waals surface area contributed by atoms with E-state index in [0.717, 1.165) is 34.2 Å². The standard InChI is InChI=1S/C31H27N3O6S/c1-20-6-12-25(13-7-20)32-27(35)19-40-30(38)23-10-8-21(9-11-23)16-26-29(37)34(31(39)41-26)18-28(36)33-15-14-22-4-2-3-5-24(22)17-33/h2-13,16H,14-15,17-19H2,1H3,(H,32,35)/b26-16-. The van der Waals surface area contributed by atoms with Crippen molar-refractivity contribution >= 4 is 52.5 Å². The van der Waals surface area contributed by atoms with Crippen LogP contribution < -0.4 is 5.32 Å². The van der Waals surface area contributed by atoms with Gasteiger partial charge in [0.2, 0.25) is 5.91 Å². The minimum absolute atomic E-state index is 0.190.